The van der Waals surface area contributed by atoms with Gasteiger partial charge in [-0.1, -0.05) is 0 Å². The number of hydrogen-bond acceptors (Lipinski definition) is 4. The fraction of sp³-hybridized carbons (Fsp3) is 0.545. The largest absolute Gasteiger partial charge is 0.477 e. The van der Waals surface area contributed by atoms with Gasteiger partial charge in [0.25, 0.3) is 5.56 Å². The fourth-order valence-electron chi connectivity index (χ4n) is 5.73. The highest BCUT2D eigenvalue weighted by Gasteiger charge is 2.50. The average molecular weight is 399 g/mol. The van der Waals surface area contributed by atoms with E-state index in [0.717, 1.165) is 56.3 Å². The van der Waals surface area contributed by atoms with Gasteiger partial charge < -0.3 is 16.2 Å². The standard InChI is InChI=1S/C22H26FN3O3/c1-11-18(16-4-5-22(16)7-13(24)8-25-10-22)17(23)9-26-19(11)14(12-2-3-12)6-15(20(26)27)21(28)29/h6,9,12-13,16,25H,2-5,7-8,10,24H2,1H3,(H,28,29). The highest BCUT2D eigenvalue weighted by Crippen LogP contribution is 2.57. The van der Waals surface area contributed by atoms with Gasteiger partial charge in [0, 0.05) is 25.3 Å². The van der Waals surface area contributed by atoms with E-state index in [4.69, 9.17) is 5.73 Å². The highest BCUT2D eigenvalue weighted by atomic mass is 19.1. The van der Waals surface area contributed by atoms with Crippen LogP contribution in [-0.4, -0.2) is 34.6 Å². The van der Waals surface area contributed by atoms with Gasteiger partial charge in [0.05, 0.1) is 5.52 Å². The smallest absolute Gasteiger partial charge is 0.341 e. The maximum atomic E-state index is 15.4. The molecule has 0 aromatic carbocycles. The van der Waals surface area contributed by atoms with Crippen molar-refractivity contribution in [3.63, 3.8) is 0 Å². The normalized spacial score (nSPS) is 29.2. The van der Waals surface area contributed by atoms with E-state index in [1.165, 1.54) is 16.7 Å². The second-order valence-corrected chi connectivity index (χ2v) is 9.18. The number of carboxylic acid groups (broad SMARTS) is 1. The number of aromatic carboxylic acids is 1. The molecule has 3 atom stereocenters. The number of carboxylic acids is 1. The van der Waals surface area contributed by atoms with Crippen molar-refractivity contribution in [2.45, 2.75) is 56.9 Å². The lowest BCUT2D eigenvalue weighted by Crippen LogP contribution is -2.56. The van der Waals surface area contributed by atoms with Gasteiger partial charge in [-0.05, 0) is 79.0 Å². The van der Waals surface area contributed by atoms with E-state index >= 15 is 4.39 Å². The Hall–Kier alpha value is -2.25. The van der Waals surface area contributed by atoms with Crippen molar-refractivity contribution in [3.8, 4) is 0 Å². The van der Waals surface area contributed by atoms with Crippen molar-refractivity contribution in [2.75, 3.05) is 13.1 Å². The van der Waals surface area contributed by atoms with E-state index < -0.39 is 17.3 Å². The van der Waals surface area contributed by atoms with Gasteiger partial charge in [-0.3, -0.25) is 9.20 Å². The number of aryl methyl sites for hydroxylation is 1. The average Bonchev–Trinajstić information content (AvgIpc) is 3.49. The Labute approximate surface area is 167 Å². The van der Waals surface area contributed by atoms with E-state index in [1.54, 1.807) is 0 Å². The molecule has 3 aliphatic rings. The van der Waals surface area contributed by atoms with E-state index in [9.17, 15) is 14.7 Å². The van der Waals surface area contributed by atoms with Gasteiger partial charge in [-0.2, -0.15) is 0 Å². The lowest BCUT2D eigenvalue weighted by atomic mass is 9.54. The first-order valence-electron chi connectivity index (χ1n) is 10.4. The Morgan fingerprint density at radius 2 is 2.14 bits per heavy atom. The molecule has 7 heteroatoms. The van der Waals surface area contributed by atoms with Gasteiger partial charge >= 0.3 is 5.97 Å². The lowest BCUT2D eigenvalue weighted by molar-refractivity contribution is 0.0454. The summed E-state index contributed by atoms with van der Waals surface area (Å²) in [7, 11) is 0. The summed E-state index contributed by atoms with van der Waals surface area (Å²) in [5, 5.41) is 12.8. The van der Waals surface area contributed by atoms with E-state index in [1.807, 2.05) is 6.92 Å². The quantitative estimate of drug-likeness (QED) is 0.737. The number of nitrogens with two attached hydrogens (primary N) is 1. The number of halogens is 1. The van der Waals surface area contributed by atoms with Crippen molar-refractivity contribution in [1.29, 1.82) is 0 Å². The minimum atomic E-state index is -1.27. The fourth-order valence-corrected chi connectivity index (χ4v) is 5.73. The molecule has 5 rings (SSSR count). The molecular weight excluding hydrogens is 373 g/mol. The molecular formula is C22H26FN3O3. The molecule has 154 valence electrons. The third-order valence-corrected chi connectivity index (χ3v) is 7.34. The van der Waals surface area contributed by atoms with Gasteiger partial charge in [0.15, 0.2) is 0 Å². The van der Waals surface area contributed by atoms with Crippen LogP contribution in [0, 0.1) is 18.2 Å². The van der Waals surface area contributed by atoms with Crippen LogP contribution >= 0.6 is 0 Å². The van der Waals surface area contributed by atoms with Crippen LogP contribution in [-0.2, 0) is 0 Å². The molecule has 2 aromatic heterocycles. The second kappa shape index (κ2) is 6.37. The monoisotopic (exact) mass is 399 g/mol. The molecule has 1 spiro atoms. The van der Waals surface area contributed by atoms with Gasteiger partial charge in [-0.25, -0.2) is 9.18 Å². The predicted octanol–water partition coefficient (Wildman–Crippen LogP) is 2.51. The number of piperidine rings is 1. The Bertz CT molecular complexity index is 1090. The van der Waals surface area contributed by atoms with E-state index in [0.29, 0.717) is 11.1 Å². The van der Waals surface area contributed by atoms with Crippen molar-refractivity contribution in [1.82, 2.24) is 9.72 Å². The molecule has 0 radical (unpaired) electrons. The number of pyridine rings is 2. The van der Waals surface area contributed by atoms with Gasteiger partial charge in [0.2, 0.25) is 0 Å². The molecule has 6 nitrogen and oxygen atoms in total. The van der Waals surface area contributed by atoms with Crippen LogP contribution in [0.25, 0.3) is 5.52 Å². The number of fused-ring (bicyclic) bond motifs is 1. The predicted molar refractivity (Wildman–Crippen MR) is 107 cm³/mol. The summed E-state index contributed by atoms with van der Waals surface area (Å²) < 4.78 is 16.6. The van der Waals surface area contributed by atoms with Crippen molar-refractivity contribution in [2.24, 2.45) is 11.1 Å². The lowest BCUT2D eigenvalue weighted by Gasteiger charge is -2.54. The van der Waals surface area contributed by atoms with Crippen LogP contribution in [0.4, 0.5) is 4.39 Å². The van der Waals surface area contributed by atoms with Crippen LogP contribution in [0.3, 0.4) is 0 Å². The van der Waals surface area contributed by atoms with Crippen molar-refractivity contribution >= 4 is 11.5 Å². The van der Waals surface area contributed by atoms with Crippen LogP contribution in [0.5, 0.6) is 0 Å². The molecule has 4 N–H and O–H groups in total. The van der Waals surface area contributed by atoms with Crippen LogP contribution in [0.2, 0.25) is 0 Å². The molecule has 3 fully saturated rings. The van der Waals surface area contributed by atoms with Crippen LogP contribution < -0.4 is 16.6 Å². The number of carbonyl (C=O) groups is 1. The minimum Gasteiger partial charge on any atom is -0.477 e. The second-order valence-electron chi connectivity index (χ2n) is 9.18. The topological polar surface area (TPSA) is 96.8 Å². The zero-order valence-electron chi connectivity index (χ0n) is 16.5. The molecule has 3 heterocycles. The third kappa shape index (κ3) is 2.74. The van der Waals surface area contributed by atoms with Gasteiger partial charge in [-0.15, -0.1) is 0 Å². The Morgan fingerprint density at radius 1 is 1.38 bits per heavy atom. The number of nitrogens with zero attached hydrogens (tertiary/aromatic N) is 1. The molecule has 3 unspecified atom stereocenters. The Balaban J connectivity index is 1.72. The summed E-state index contributed by atoms with van der Waals surface area (Å²) in [5.74, 6) is -1.40. The number of nitrogens with one attached hydrogen (secondary N) is 1. The third-order valence-electron chi connectivity index (χ3n) is 7.34. The SMILES string of the molecule is Cc1c(C2CCC23CNCC(N)C3)c(F)cn2c(=O)c(C(=O)O)cc(C3CC3)c12. The van der Waals surface area contributed by atoms with Crippen molar-refractivity contribution < 1.29 is 14.3 Å². The summed E-state index contributed by atoms with van der Waals surface area (Å²) in [5.41, 5.74) is 8.19. The minimum absolute atomic E-state index is 0.0390. The zero-order valence-corrected chi connectivity index (χ0v) is 16.5. The van der Waals surface area contributed by atoms with E-state index in [2.05, 4.69) is 5.32 Å². The summed E-state index contributed by atoms with van der Waals surface area (Å²) >= 11 is 0. The molecule has 2 saturated carbocycles. The molecule has 1 saturated heterocycles. The van der Waals surface area contributed by atoms with E-state index in [-0.39, 0.29) is 28.9 Å². The first kappa shape index (κ1) is 18.8. The maximum absolute atomic E-state index is 15.4. The maximum Gasteiger partial charge on any atom is 0.341 e. The van der Waals surface area contributed by atoms with Crippen LogP contribution in [0.1, 0.15) is 71.0 Å². The first-order chi connectivity index (χ1) is 13.8. The number of aromatic nitrogens is 1. The summed E-state index contributed by atoms with van der Waals surface area (Å²) in [4.78, 5) is 24.3. The Morgan fingerprint density at radius 3 is 2.72 bits per heavy atom. The summed E-state index contributed by atoms with van der Waals surface area (Å²) in [6.07, 6.45) is 5.92. The molecule has 0 amide bonds. The molecule has 0 bridgehead atoms. The molecule has 2 aliphatic carbocycles. The molecule has 29 heavy (non-hydrogen) atoms. The van der Waals surface area contributed by atoms with Crippen molar-refractivity contribution in [3.05, 3.63) is 50.7 Å². The Kier molecular flexibility index (Phi) is 4.12. The number of rotatable bonds is 3. The highest BCUT2D eigenvalue weighted by molar-refractivity contribution is 5.88. The summed E-state index contributed by atoms with van der Waals surface area (Å²) in [6, 6.07) is 1.58. The first-order valence-corrected chi connectivity index (χ1v) is 10.4. The van der Waals surface area contributed by atoms with Crippen LogP contribution in [0.15, 0.2) is 17.1 Å². The molecule has 2 aromatic rings. The van der Waals surface area contributed by atoms with Gasteiger partial charge in [0.1, 0.15) is 11.4 Å². The number of hydrogen-bond donors (Lipinski definition) is 3. The molecule has 1 aliphatic heterocycles. The zero-order chi connectivity index (χ0) is 20.5. The summed E-state index contributed by atoms with van der Waals surface area (Å²) in [6.45, 7) is 3.49.